The molecule has 2 atom stereocenters. The Bertz CT molecular complexity index is 3280. The smallest absolute Gasteiger partial charge is 0.0541 e. The van der Waals surface area contributed by atoms with Gasteiger partial charge in [-0.25, -0.2) is 0 Å². The molecule has 8 aromatic carbocycles. The van der Waals surface area contributed by atoms with Crippen molar-refractivity contribution in [2.45, 2.75) is 44.4 Å². The van der Waals surface area contributed by atoms with Crippen molar-refractivity contribution in [1.29, 1.82) is 0 Å². The lowest BCUT2D eigenvalue weighted by atomic mass is 9.74. The van der Waals surface area contributed by atoms with E-state index in [0.717, 1.165) is 0 Å². The average Bonchev–Trinajstić information content (AvgIpc) is 3.82. The molecule has 0 aliphatic heterocycles. The van der Waals surface area contributed by atoms with Crippen molar-refractivity contribution in [2.24, 2.45) is 5.92 Å². The van der Waals surface area contributed by atoms with Gasteiger partial charge in [0.1, 0.15) is 0 Å². The van der Waals surface area contributed by atoms with Gasteiger partial charge in [0.05, 0.1) is 16.7 Å². The minimum atomic E-state index is -0.190. The molecule has 288 valence electrons. The maximum atomic E-state index is 2.55. The van der Waals surface area contributed by atoms with Crippen LogP contribution in [-0.4, -0.2) is 4.57 Å². The lowest BCUT2D eigenvalue weighted by molar-refractivity contribution is 0.392. The lowest BCUT2D eigenvalue weighted by Crippen LogP contribution is -2.28. The maximum absolute atomic E-state index is 2.55. The quantitative estimate of drug-likeness (QED) is 0.169. The lowest BCUT2D eigenvalue weighted by Gasteiger charge is -2.35. The van der Waals surface area contributed by atoms with Crippen LogP contribution in [-0.2, 0) is 10.8 Å². The molecule has 60 heavy (non-hydrogen) atoms. The van der Waals surface area contributed by atoms with E-state index in [9.17, 15) is 0 Å². The molecule has 2 unspecified atom stereocenters. The van der Waals surface area contributed by atoms with Gasteiger partial charge in [-0.15, -0.1) is 0 Å². The first-order valence-electron chi connectivity index (χ1n) is 21.4. The Kier molecular flexibility index (Phi) is 7.48. The Morgan fingerprint density at radius 1 is 0.500 bits per heavy atom. The van der Waals surface area contributed by atoms with Crippen LogP contribution >= 0.6 is 0 Å². The van der Waals surface area contributed by atoms with E-state index in [2.05, 4.69) is 231 Å². The molecule has 1 aromatic heterocycles. The first-order chi connectivity index (χ1) is 29.3. The van der Waals surface area contributed by atoms with E-state index < -0.39 is 0 Å². The number of rotatable bonds is 5. The van der Waals surface area contributed by atoms with Crippen LogP contribution in [0.5, 0.6) is 0 Å². The summed E-state index contributed by atoms with van der Waals surface area (Å²) in [6, 6.07) is 65.5. The van der Waals surface area contributed by atoms with Gasteiger partial charge in [-0.1, -0.05) is 161 Å². The van der Waals surface area contributed by atoms with Gasteiger partial charge in [0.25, 0.3) is 0 Å². The minimum absolute atomic E-state index is 0.0390. The van der Waals surface area contributed by atoms with Crippen molar-refractivity contribution < 1.29 is 0 Å². The van der Waals surface area contributed by atoms with Crippen molar-refractivity contribution in [3.8, 4) is 27.9 Å². The minimum Gasteiger partial charge on any atom is -0.311 e. The molecule has 0 amide bonds. The number of aromatic nitrogens is 1. The summed E-state index contributed by atoms with van der Waals surface area (Å²) in [6.07, 6.45) is 7.37. The van der Waals surface area contributed by atoms with Gasteiger partial charge >= 0.3 is 0 Å². The van der Waals surface area contributed by atoms with E-state index in [1.54, 1.807) is 0 Å². The molecule has 0 radical (unpaired) electrons. The van der Waals surface area contributed by atoms with Crippen LogP contribution in [0, 0.1) is 5.92 Å². The normalized spacial score (nSPS) is 18.0. The molecule has 3 aliphatic carbocycles. The number of benzene rings is 8. The van der Waals surface area contributed by atoms with Gasteiger partial charge < -0.3 is 9.47 Å². The second-order valence-corrected chi connectivity index (χ2v) is 18.2. The van der Waals surface area contributed by atoms with E-state index >= 15 is 0 Å². The number of hydrogen-bond acceptors (Lipinski definition) is 1. The molecule has 2 nitrogen and oxygen atoms in total. The van der Waals surface area contributed by atoms with Crippen LogP contribution in [0.15, 0.2) is 200 Å². The molecule has 3 aliphatic rings. The van der Waals surface area contributed by atoms with Crippen LogP contribution in [0.1, 0.15) is 55.9 Å². The third-order valence-electron chi connectivity index (χ3n) is 14.3. The summed E-state index contributed by atoms with van der Waals surface area (Å²) >= 11 is 0. The first-order valence-corrected chi connectivity index (χ1v) is 21.4. The monoisotopic (exact) mass is 770 g/mol. The summed E-state index contributed by atoms with van der Waals surface area (Å²) in [6.45, 7) is 9.65. The van der Waals surface area contributed by atoms with Crippen molar-refractivity contribution in [1.82, 2.24) is 4.57 Å². The number of anilines is 2. The van der Waals surface area contributed by atoms with E-state index in [1.807, 2.05) is 0 Å². The Labute approximate surface area is 352 Å². The third-order valence-corrected chi connectivity index (χ3v) is 14.3. The highest BCUT2D eigenvalue weighted by Crippen LogP contribution is 2.55. The molecule has 0 saturated carbocycles. The zero-order valence-corrected chi connectivity index (χ0v) is 34.5. The largest absolute Gasteiger partial charge is 0.311 e. The van der Waals surface area contributed by atoms with Crippen LogP contribution in [0.2, 0.25) is 0 Å². The van der Waals surface area contributed by atoms with Crippen LogP contribution in [0.25, 0.3) is 60.5 Å². The summed E-state index contributed by atoms with van der Waals surface area (Å²) in [7, 11) is 0. The molecule has 1 heterocycles. The van der Waals surface area contributed by atoms with Crippen LogP contribution in [0.4, 0.5) is 11.4 Å². The van der Waals surface area contributed by atoms with Crippen LogP contribution < -0.4 is 4.90 Å². The highest BCUT2D eigenvalue weighted by atomic mass is 15.1. The number of allylic oxidation sites excluding steroid dienone is 3. The number of para-hydroxylation sites is 2. The molecule has 0 fully saturated rings. The van der Waals surface area contributed by atoms with E-state index in [0.29, 0.717) is 11.8 Å². The summed E-state index contributed by atoms with van der Waals surface area (Å²) in [5, 5.41) is 5.05. The fourth-order valence-corrected chi connectivity index (χ4v) is 11.2. The first kappa shape index (κ1) is 35.1. The predicted octanol–water partition coefficient (Wildman–Crippen LogP) is 15.2. The summed E-state index contributed by atoms with van der Waals surface area (Å²) in [5.74, 6) is 0.771. The summed E-state index contributed by atoms with van der Waals surface area (Å²) < 4.78 is 2.45. The molecular formula is C58H46N2. The van der Waals surface area contributed by atoms with Gasteiger partial charge in [0, 0.05) is 44.6 Å². The molecule has 0 spiro atoms. The Morgan fingerprint density at radius 3 is 2.03 bits per heavy atom. The number of nitrogens with zero attached hydrogens (tertiary/aromatic N) is 2. The average molecular weight is 771 g/mol. The molecule has 0 bridgehead atoms. The van der Waals surface area contributed by atoms with Crippen LogP contribution in [0.3, 0.4) is 0 Å². The molecule has 9 aromatic rings. The van der Waals surface area contributed by atoms with Gasteiger partial charge in [0.15, 0.2) is 0 Å². The second kappa shape index (κ2) is 12.8. The van der Waals surface area contributed by atoms with E-state index in [-0.39, 0.29) is 10.8 Å². The standard InChI is InChI=1S/C58H46N2/c1-57(2)50-22-12-10-20-44(50)46-30-27-41(35-52(46)57)59(40-17-6-5-7-18-40)42-28-31-47-45-29-25-39(34-51(45)58(3,4)53(47)36-42)38-26-32-56-49(33-38)48-21-11-13-23-55(48)60(56)54-24-14-16-37-15-8-9-19-43(37)54/h5-36,46,52H,1-4H3. The van der Waals surface area contributed by atoms with Crippen molar-refractivity contribution >= 4 is 44.0 Å². The van der Waals surface area contributed by atoms with Gasteiger partial charge in [-0.05, 0) is 122 Å². The molecule has 2 heteroatoms. The maximum Gasteiger partial charge on any atom is 0.0541 e. The third kappa shape index (κ3) is 5.00. The highest BCUT2D eigenvalue weighted by molar-refractivity contribution is 6.11. The Balaban J connectivity index is 0.938. The van der Waals surface area contributed by atoms with Crippen molar-refractivity contribution in [3.63, 3.8) is 0 Å². The molecule has 0 saturated heterocycles. The highest BCUT2D eigenvalue weighted by Gasteiger charge is 2.45. The SMILES string of the molecule is CC1(C)c2cc(-c3ccc4c(c3)c3ccccc3n4-c3cccc4ccccc34)ccc2-c2ccc(N(C3=CC4C(C=C3)c3ccccc3C4(C)C)c3ccccc3)cc21. The number of hydrogen-bond donors (Lipinski definition) is 0. The summed E-state index contributed by atoms with van der Waals surface area (Å²) in [4.78, 5) is 2.47. The fraction of sp³-hybridized carbons (Fsp3) is 0.138. The Morgan fingerprint density at radius 2 is 1.17 bits per heavy atom. The Hall–Kier alpha value is -6.90. The number of fused-ring (bicyclic) bond motifs is 10. The van der Waals surface area contributed by atoms with E-state index in [1.165, 1.54) is 99.8 Å². The zero-order valence-electron chi connectivity index (χ0n) is 34.5. The zero-order chi connectivity index (χ0) is 40.3. The molecule has 0 N–H and O–H groups in total. The van der Waals surface area contributed by atoms with Gasteiger partial charge in [-0.2, -0.15) is 0 Å². The fourth-order valence-electron chi connectivity index (χ4n) is 11.2. The topological polar surface area (TPSA) is 8.17 Å². The van der Waals surface area contributed by atoms with E-state index in [4.69, 9.17) is 0 Å². The van der Waals surface area contributed by atoms with Gasteiger partial charge in [0.2, 0.25) is 0 Å². The van der Waals surface area contributed by atoms with Crippen molar-refractivity contribution in [2.75, 3.05) is 4.90 Å². The predicted molar refractivity (Wildman–Crippen MR) is 253 cm³/mol. The summed E-state index contributed by atoms with van der Waals surface area (Å²) in [5.41, 5.74) is 17.9. The second-order valence-electron chi connectivity index (χ2n) is 18.2. The van der Waals surface area contributed by atoms with Gasteiger partial charge in [-0.3, -0.25) is 0 Å². The molecule has 12 rings (SSSR count). The van der Waals surface area contributed by atoms with Crippen molar-refractivity contribution in [3.05, 3.63) is 222 Å². The molecular weight excluding hydrogens is 725 g/mol.